The Morgan fingerprint density at radius 1 is 1.36 bits per heavy atom. The zero-order valence-corrected chi connectivity index (χ0v) is 16.8. The molecular formula is C18H21Cl2NO3S. The Morgan fingerprint density at radius 3 is 2.72 bits per heavy atom. The molecule has 1 amide bonds. The minimum atomic E-state index is -0.354. The van der Waals surface area contributed by atoms with Crippen molar-refractivity contribution in [3.8, 4) is 0 Å². The highest BCUT2D eigenvalue weighted by Gasteiger charge is 2.60. The molecule has 0 radical (unpaired) electrons. The number of thiophene rings is 1. The Morgan fingerprint density at radius 2 is 2.08 bits per heavy atom. The molecule has 25 heavy (non-hydrogen) atoms. The van der Waals surface area contributed by atoms with Crippen molar-refractivity contribution in [2.45, 2.75) is 40.0 Å². The Labute approximate surface area is 161 Å². The molecule has 1 aromatic rings. The molecule has 1 fully saturated rings. The summed E-state index contributed by atoms with van der Waals surface area (Å²) >= 11 is 13.0. The van der Waals surface area contributed by atoms with Crippen LogP contribution in [0.3, 0.4) is 0 Å². The highest BCUT2D eigenvalue weighted by atomic mass is 35.5. The second-order valence-corrected chi connectivity index (χ2v) is 9.17. The molecule has 1 N–H and O–H groups in total. The quantitative estimate of drug-likeness (QED) is 0.710. The van der Waals surface area contributed by atoms with E-state index in [0.29, 0.717) is 17.2 Å². The number of esters is 1. The van der Waals surface area contributed by atoms with Gasteiger partial charge in [0.05, 0.1) is 18.1 Å². The normalized spacial score (nSPS) is 22.9. The fourth-order valence-electron chi connectivity index (χ4n) is 3.73. The number of carbonyl (C=O) groups is 2. The maximum Gasteiger partial charge on any atom is 0.341 e. The number of rotatable bonds is 5. The molecule has 4 nitrogen and oxygen atoms in total. The lowest BCUT2D eigenvalue weighted by Gasteiger charge is -2.08. The van der Waals surface area contributed by atoms with Crippen LogP contribution in [0.4, 0.5) is 5.00 Å². The molecule has 3 rings (SSSR count). The number of aryl methyl sites for hydroxylation is 1. The van der Waals surface area contributed by atoms with Crippen molar-refractivity contribution < 1.29 is 14.3 Å². The van der Waals surface area contributed by atoms with Crippen LogP contribution in [0.25, 0.3) is 0 Å². The van der Waals surface area contributed by atoms with Gasteiger partial charge in [-0.1, -0.05) is 37.0 Å². The molecule has 0 bridgehead atoms. The molecule has 0 spiro atoms. The van der Waals surface area contributed by atoms with Gasteiger partial charge in [-0.3, -0.25) is 4.79 Å². The van der Waals surface area contributed by atoms with Gasteiger partial charge in [0.1, 0.15) is 9.49 Å². The molecule has 0 aliphatic heterocycles. The van der Waals surface area contributed by atoms with Gasteiger partial charge in [0, 0.05) is 4.88 Å². The average molecular weight is 402 g/mol. The van der Waals surface area contributed by atoms with E-state index in [9.17, 15) is 9.59 Å². The predicted molar refractivity (Wildman–Crippen MR) is 101 cm³/mol. The summed E-state index contributed by atoms with van der Waals surface area (Å²) in [6, 6.07) is 0. The van der Waals surface area contributed by atoms with Gasteiger partial charge < -0.3 is 10.1 Å². The minimum Gasteiger partial charge on any atom is -0.462 e. The van der Waals surface area contributed by atoms with Crippen molar-refractivity contribution in [3.05, 3.63) is 26.6 Å². The summed E-state index contributed by atoms with van der Waals surface area (Å²) < 4.78 is 5.37. The lowest BCUT2D eigenvalue weighted by atomic mass is 10.1. The van der Waals surface area contributed by atoms with Gasteiger partial charge >= 0.3 is 5.97 Å². The number of ether oxygens (including phenoxy) is 1. The van der Waals surface area contributed by atoms with E-state index in [0.717, 1.165) is 24.8 Å². The number of hydrogen-bond acceptors (Lipinski definition) is 4. The van der Waals surface area contributed by atoms with Gasteiger partial charge in [-0.2, -0.15) is 0 Å². The molecule has 2 aliphatic carbocycles. The summed E-state index contributed by atoms with van der Waals surface area (Å²) in [5, 5.41) is 3.57. The van der Waals surface area contributed by atoms with Crippen molar-refractivity contribution in [2.24, 2.45) is 17.3 Å². The van der Waals surface area contributed by atoms with E-state index < -0.39 is 0 Å². The molecular weight excluding hydrogens is 381 g/mol. The van der Waals surface area contributed by atoms with Crippen molar-refractivity contribution in [1.29, 1.82) is 0 Å². The predicted octanol–water partition coefficient (Wildman–Crippen LogP) is 4.94. The summed E-state index contributed by atoms with van der Waals surface area (Å²) in [6.45, 7) is 6.11. The molecule has 0 unspecified atom stereocenters. The minimum absolute atomic E-state index is 0.00430. The molecule has 2 aliphatic rings. The number of allylic oxidation sites excluding steroid dienone is 1. The molecule has 0 aromatic carbocycles. The zero-order chi connectivity index (χ0) is 18.4. The van der Waals surface area contributed by atoms with Gasteiger partial charge in [0.2, 0.25) is 5.91 Å². The van der Waals surface area contributed by atoms with Crippen LogP contribution in [0.2, 0.25) is 0 Å². The largest absolute Gasteiger partial charge is 0.462 e. The van der Waals surface area contributed by atoms with E-state index >= 15 is 0 Å². The number of carbonyl (C=O) groups excluding carboxylic acids is 2. The third-order valence-corrected chi connectivity index (χ3v) is 6.60. The topological polar surface area (TPSA) is 55.4 Å². The fourth-order valence-corrected chi connectivity index (χ4v) is 5.28. The number of anilines is 1. The van der Waals surface area contributed by atoms with Crippen molar-refractivity contribution in [3.63, 3.8) is 0 Å². The average Bonchev–Trinajstić information content (AvgIpc) is 2.82. The van der Waals surface area contributed by atoms with Crippen LogP contribution in [0.1, 0.15) is 48.0 Å². The van der Waals surface area contributed by atoms with Crippen molar-refractivity contribution in [1.82, 2.24) is 0 Å². The lowest BCUT2D eigenvalue weighted by Crippen LogP contribution is -2.18. The van der Waals surface area contributed by atoms with E-state index in [1.807, 2.05) is 13.8 Å². The summed E-state index contributed by atoms with van der Waals surface area (Å²) in [6.07, 6.45) is 4.56. The number of nitrogens with one attached hydrogen (secondary N) is 1. The zero-order valence-electron chi connectivity index (χ0n) is 14.4. The first-order valence-electron chi connectivity index (χ1n) is 8.42. The maximum atomic E-state index is 12.8. The van der Waals surface area contributed by atoms with Crippen LogP contribution in [0.15, 0.2) is 10.6 Å². The molecule has 7 heteroatoms. The van der Waals surface area contributed by atoms with Crippen molar-refractivity contribution >= 4 is 51.4 Å². The SMILES string of the molecule is CCOC(=O)c1c(NC(=O)[C@H]2[C@@H](C=C(Cl)Cl)C2(C)C)sc2c1CCC2. The van der Waals surface area contributed by atoms with E-state index in [1.54, 1.807) is 13.0 Å². The first kappa shape index (κ1) is 18.7. The van der Waals surface area contributed by atoms with Crippen LogP contribution in [-0.4, -0.2) is 18.5 Å². The molecule has 1 saturated carbocycles. The Bertz CT molecular complexity index is 750. The van der Waals surface area contributed by atoms with Gasteiger partial charge in [0.15, 0.2) is 0 Å². The van der Waals surface area contributed by atoms with Crippen LogP contribution in [-0.2, 0) is 22.4 Å². The van der Waals surface area contributed by atoms with E-state index in [1.165, 1.54) is 16.2 Å². The molecule has 0 saturated heterocycles. The molecule has 136 valence electrons. The van der Waals surface area contributed by atoms with Crippen LogP contribution in [0.5, 0.6) is 0 Å². The standard InChI is InChI=1S/C18H21Cl2NO3S/c1-4-24-17(23)13-9-6-5-7-11(9)25-16(13)21-15(22)14-10(8-12(19)20)18(14,2)3/h8,10,14H,4-7H2,1-3H3,(H,21,22)/t10-,14-/m1/s1. The summed E-state index contributed by atoms with van der Waals surface area (Å²) in [7, 11) is 0. The first-order chi connectivity index (χ1) is 11.8. The number of fused-ring (bicyclic) bond motifs is 1. The fraction of sp³-hybridized carbons (Fsp3) is 0.556. The first-order valence-corrected chi connectivity index (χ1v) is 10.00. The number of halogens is 2. The maximum absolute atomic E-state index is 12.8. The Hall–Kier alpha value is -1.04. The smallest absolute Gasteiger partial charge is 0.341 e. The monoisotopic (exact) mass is 401 g/mol. The second kappa shape index (κ2) is 6.93. The highest BCUT2D eigenvalue weighted by molar-refractivity contribution is 7.17. The van der Waals surface area contributed by atoms with Gasteiger partial charge in [-0.15, -0.1) is 11.3 Å². The third-order valence-electron chi connectivity index (χ3n) is 5.14. The number of amides is 1. The van der Waals surface area contributed by atoms with Crippen LogP contribution >= 0.6 is 34.5 Å². The highest BCUT2D eigenvalue weighted by Crippen LogP contribution is 2.60. The Kier molecular flexibility index (Phi) is 5.20. The van der Waals surface area contributed by atoms with Gasteiger partial charge in [-0.25, -0.2) is 4.79 Å². The van der Waals surface area contributed by atoms with E-state index in [4.69, 9.17) is 27.9 Å². The van der Waals surface area contributed by atoms with Crippen LogP contribution < -0.4 is 5.32 Å². The van der Waals surface area contributed by atoms with Crippen molar-refractivity contribution in [2.75, 3.05) is 11.9 Å². The molecule has 1 heterocycles. The van der Waals surface area contributed by atoms with E-state index in [-0.39, 0.29) is 33.6 Å². The Balaban J connectivity index is 1.83. The third kappa shape index (κ3) is 3.46. The summed E-state index contributed by atoms with van der Waals surface area (Å²) in [4.78, 5) is 26.3. The van der Waals surface area contributed by atoms with Gasteiger partial charge in [0.25, 0.3) is 0 Å². The molecule has 1 aromatic heterocycles. The summed E-state index contributed by atoms with van der Waals surface area (Å²) in [5.41, 5.74) is 1.37. The van der Waals surface area contributed by atoms with Crippen LogP contribution in [0, 0.1) is 17.3 Å². The van der Waals surface area contributed by atoms with Gasteiger partial charge in [-0.05, 0) is 49.2 Å². The van der Waals surface area contributed by atoms with E-state index in [2.05, 4.69) is 5.32 Å². The second-order valence-electron chi connectivity index (χ2n) is 7.05. The summed E-state index contributed by atoms with van der Waals surface area (Å²) in [5.74, 6) is -0.679. The lowest BCUT2D eigenvalue weighted by molar-refractivity contribution is -0.118. The molecule has 2 atom stereocenters. The number of hydrogen-bond donors (Lipinski definition) is 1.